The second kappa shape index (κ2) is 10.8. The number of aromatic carboxylic acids is 1. The lowest BCUT2D eigenvalue weighted by Crippen LogP contribution is -2.20. The van der Waals surface area contributed by atoms with Crippen molar-refractivity contribution in [1.82, 2.24) is 9.66 Å². The minimum absolute atomic E-state index is 0.190. The first-order valence-corrected chi connectivity index (χ1v) is 12.7. The van der Waals surface area contributed by atoms with E-state index in [1.54, 1.807) is 74.0 Å². The minimum Gasteiger partial charge on any atom is -0.496 e. The maximum Gasteiger partial charge on any atom is 0.335 e. The number of ether oxygens (including phenoxy) is 2. The minimum atomic E-state index is -0.996. The van der Waals surface area contributed by atoms with Gasteiger partial charge in [-0.1, -0.05) is 42.5 Å². The number of methoxy groups -OCH3 is 1. The van der Waals surface area contributed by atoms with Crippen LogP contribution in [0.3, 0.4) is 0 Å². The van der Waals surface area contributed by atoms with Crippen molar-refractivity contribution in [3.05, 3.63) is 124 Å². The number of fused-ring (bicyclic) bond motifs is 2. The zero-order chi connectivity index (χ0) is 28.3. The molecular formula is C32H23N3O6. The SMILES string of the molecule is COc1cccc2oc(-c3nc4ccccc4c(=O)n3N=Cc3cccc(OCc4cccc(C(=O)O)c4)c3)cc12. The molecule has 0 aliphatic carbocycles. The van der Waals surface area contributed by atoms with Crippen LogP contribution in [0.5, 0.6) is 11.5 Å². The van der Waals surface area contributed by atoms with Gasteiger partial charge in [-0.15, -0.1) is 0 Å². The molecule has 0 atom stereocenters. The number of rotatable bonds is 8. The first-order chi connectivity index (χ1) is 20.0. The number of para-hydroxylation sites is 1. The van der Waals surface area contributed by atoms with Gasteiger partial charge in [0.05, 0.1) is 35.2 Å². The van der Waals surface area contributed by atoms with Crippen molar-refractivity contribution < 1.29 is 23.8 Å². The number of benzene rings is 4. The van der Waals surface area contributed by atoms with Gasteiger partial charge in [-0.25, -0.2) is 9.78 Å². The van der Waals surface area contributed by atoms with Crippen LogP contribution < -0.4 is 15.0 Å². The Hall–Kier alpha value is -5.70. The quantitative estimate of drug-likeness (QED) is 0.234. The monoisotopic (exact) mass is 545 g/mol. The molecule has 0 saturated carbocycles. The fraction of sp³-hybridized carbons (Fsp3) is 0.0625. The van der Waals surface area contributed by atoms with E-state index in [2.05, 4.69) is 5.10 Å². The number of carboxylic acids is 1. The molecule has 0 aliphatic heterocycles. The lowest BCUT2D eigenvalue weighted by Gasteiger charge is -2.08. The largest absolute Gasteiger partial charge is 0.496 e. The summed E-state index contributed by atoms with van der Waals surface area (Å²) < 4.78 is 18.6. The second-order valence-corrected chi connectivity index (χ2v) is 9.16. The highest BCUT2D eigenvalue weighted by atomic mass is 16.5. The standard InChI is InChI=1S/C32H23N3O6/c1-39-27-13-6-14-28-25(27)17-29(41-28)30-34-26-12-3-2-11-24(26)31(36)35(30)33-18-20-7-5-10-23(16-20)40-19-21-8-4-9-22(15-21)32(37)38/h2-18H,19H2,1H3,(H,37,38). The van der Waals surface area contributed by atoms with E-state index in [0.29, 0.717) is 39.3 Å². The Bertz CT molecular complexity index is 2010. The number of aromatic nitrogens is 2. The summed E-state index contributed by atoms with van der Waals surface area (Å²) in [7, 11) is 1.58. The molecule has 0 spiro atoms. The molecule has 9 nitrogen and oxygen atoms in total. The van der Waals surface area contributed by atoms with Gasteiger partial charge < -0.3 is 19.0 Å². The molecule has 0 unspecified atom stereocenters. The molecule has 2 heterocycles. The molecule has 0 aliphatic rings. The Kier molecular flexibility index (Phi) is 6.75. The van der Waals surface area contributed by atoms with E-state index in [-0.39, 0.29) is 23.6 Å². The van der Waals surface area contributed by atoms with E-state index in [9.17, 15) is 14.7 Å². The number of nitrogens with zero attached hydrogens (tertiary/aromatic N) is 3. The fourth-order valence-electron chi connectivity index (χ4n) is 4.48. The Morgan fingerprint density at radius 1 is 0.976 bits per heavy atom. The Morgan fingerprint density at radius 2 is 1.80 bits per heavy atom. The van der Waals surface area contributed by atoms with Crippen molar-refractivity contribution in [3.8, 4) is 23.1 Å². The molecule has 2 aromatic heterocycles. The summed E-state index contributed by atoms with van der Waals surface area (Å²) in [5, 5.41) is 14.9. The highest BCUT2D eigenvalue weighted by molar-refractivity contribution is 5.89. The highest BCUT2D eigenvalue weighted by Crippen LogP contribution is 2.32. The van der Waals surface area contributed by atoms with Gasteiger partial charge in [0, 0.05) is 0 Å². The van der Waals surface area contributed by atoms with Crippen molar-refractivity contribution in [1.29, 1.82) is 0 Å². The van der Waals surface area contributed by atoms with E-state index < -0.39 is 5.97 Å². The molecule has 202 valence electrons. The normalized spacial score (nSPS) is 11.3. The van der Waals surface area contributed by atoms with Crippen LogP contribution in [0.1, 0.15) is 21.5 Å². The van der Waals surface area contributed by atoms with Crippen LogP contribution in [-0.2, 0) is 6.61 Å². The van der Waals surface area contributed by atoms with Gasteiger partial charge in [-0.3, -0.25) is 4.79 Å². The van der Waals surface area contributed by atoms with Crippen molar-refractivity contribution >= 4 is 34.1 Å². The maximum absolute atomic E-state index is 13.6. The smallest absolute Gasteiger partial charge is 0.335 e. The summed E-state index contributed by atoms with van der Waals surface area (Å²) in [4.78, 5) is 29.5. The van der Waals surface area contributed by atoms with Crippen LogP contribution in [0.25, 0.3) is 33.5 Å². The number of carbonyl (C=O) groups is 1. The van der Waals surface area contributed by atoms with Gasteiger partial charge in [0.1, 0.15) is 23.7 Å². The van der Waals surface area contributed by atoms with Gasteiger partial charge in [0.15, 0.2) is 5.76 Å². The molecule has 6 rings (SSSR count). The van der Waals surface area contributed by atoms with E-state index in [1.807, 2.05) is 30.3 Å². The third kappa shape index (κ3) is 5.16. The van der Waals surface area contributed by atoms with Crippen molar-refractivity contribution in [3.63, 3.8) is 0 Å². The van der Waals surface area contributed by atoms with E-state index in [1.165, 1.54) is 10.7 Å². The predicted molar refractivity (Wildman–Crippen MR) is 155 cm³/mol. The van der Waals surface area contributed by atoms with Gasteiger partial charge >= 0.3 is 5.97 Å². The molecule has 0 radical (unpaired) electrons. The highest BCUT2D eigenvalue weighted by Gasteiger charge is 2.18. The third-order valence-electron chi connectivity index (χ3n) is 6.48. The van der Waals surface area contributed by atoms with Gasteiger partial charge in [0.2, 0.25) is 5.82 Å². The molecule has 0 bridgehead atoms. The van der Waals surface area contributed by atoms with E-state index in [0.717, 1.165) is 10.9 Å². The van der Waals surface area contributed by atoms with Crippen LogP contribution in [0.15, 0.2) is 111 Å². The zero-order valence-electron chi connectivity index (χ0n) is 21.9. The second-order valence-electron chi connectivity index (χ2n) is 9.16. The summed E-state index contributed by atoms with van der Waals surface area (Å²) in [6.45, 7) is 0.190. The van der Waals surface area contributed by atoms with Crippen molar-refractivity contribution in [2.24, 2.45) is 5.10 Å². The summed E-state index contributed by atoms with van der Waals surface area (Å²) >= 11 is 0. The van der Waals surface area contributed by atoms with Crippen LogP contribution in [0.2, 0.25) is 0 Å². The number of furan rings is 1. The topological polar surface area (TPSA) is 116 Å². The van der Waals surface area contributed by atoms with Crippen molar-refractivity contribution in [2.75, 3.05) is 7.11 Å². The lowest BCUT2D eigenvalue weighted by atomic mass is 10.1. The Labute approximate surface area is 233 Å². The molecule has 4 aromatic carbocycles. The average molecular weight is 546 g/mol. The van der Waals surface area contributed by atoms with E-state index in [4.69, 9.17) is 18.9 Å². The van der Waals surface area contributed by atoms with Gasteiger partial charge in [-0.05, 0) is 65.7 Å². The molecule has 0 fully saturated rings. The average Bonchev–Trinajstić information content (AvgIpc) is 3.44. The number of hydrogen-bond acceptors (Lipinski definition) is 7. The zero-order valence-corrected chi connectivity index (χ0v) is 21.9. The first-order valence-electron chi connectivity index (χ1n) is 12.7. The molecule has 0 saturated heterocycles. The third-order valence-corrected chi connectivity index (χ3v) is 6.48. The van der Waals surface area contributed by atoms with Crippen LogP contribution >= 0.6 is 0 Å². The maximum atomic E-state index is 13.6. The summed E-state index contributed by atoms with van der Waals surface area (Å²) in [6, 6.07) is 28.1. The van der Waals surface area contributed by atoms with Crippen LogP contribution in [0.4, 0.5) is 0 Å². The van der Waals surface area contributed by atoms with Gasteiger partial charge in [0.25, 0.3) is 5.56 Å². The molecule has 6 aromatic rings. The van der Waals surface area contributed by atoms with Gasteiger partial charge in [-0.2, -0.15) is 9.78 Å². The molecule has 41 heavy (non-hydrogen) atoms. The fourth-order valence-corrected chi connectivity index (χ4v) is 4.48. The van der Waals surface area contributed by atoms with Crippen LogP contribution in [-0.4, -0.2) is 34.1 Å². The number of hydrogen-bond donors (Lipinski definition) is 1. The Balaban J connectivity index is 1.35. The first kappa shape index (κ1) is 25.6. The number of carboxylic acid groups (broad SMARTS) is 1. The van der Waals surface area contributed by atoms with E-state index >= 15 is 0 Å². The Morgan fingerprint density at radius 3 is 2.66 bits per heavy atom. The predicted octanol–water partition coefficient (Wildman–Crippen LogP) is 5.98. The summed E-state index contributed by atoms with van der Waals surface area (Å²) in [5.74, 6) is 0.814. The lowest BCUT2D eigenvalue weighted by molar-refractivity contribution is 0.0696. The molecular weight excluding hydrogens is 522 g/mol. The molecule has 9 heteroatoms. The van der Waals surface area contributed by atoms with Crippen LogP contribution in [0, 0.1) is 0 Å². The summed E-state index contributed by atoms with van der Waals surface area (Å²) in [6.07, 6.45) is 1.54. The molecule has 1 N–H and O–H groups in total. The molecule has 0 amide bonds. The van der Waals surface area contributed by atoms with Crippen molar-refractivity contribution in [2.45, 2.75) is 6.61 Å². The summed E-state index contributed by atoms with van der Waals surface area (Å²) in [5.41, 5.74) is 2.37.